The van der Waals surface area contributed by atoms with Crippen molar-refractivity contribution in [2.45, 2.75) is 9.79 Å². The molecule has 4 aromatic carbocycles. The van der Waals surface area contributed by atoms with Crippen LogP contribution in [0.25, 0.3) is 11.1 Å². The molecule has 2 N–H and O–H groups in total. The third-order valence-electron chi connectivity index (χ3n) is 5.88. The highest BCUT2D eigenvalue weighted by molar-refractivity contribution is 7.93. The number of amides is 1. The zero-order valence-corrected chi connectivity index (χ0v) is 23.6. The molecule has 0 spiro atoms. The molecule has 39 heavy (non-hydrogen) atoms. The second-order valence-electron chi connectivity index (χ2n) is 8.47. The second-order valence-corrected chi connectivity index (χ2v) is 13.3. The summed E-state index contributed by atoms with van der Waals surface area (Å²) in [6.07, 6.45) is 0. The summed E-state index contributed by atoms with van der Waals surface area (Å²) < 4.78 is 55.8. The zero-order chi connectivity index (χ0) is 27.9. The molecule has 0 aliphatic carbocycles. The molecule has 0 unspecified atom stereocenters. The Bertz CT molecular complexity index is 1830. The predicted octanol–water partition coefficient (Wildman–Crippen LogP) is 6.26. The largest absolute Gasteiger partial charge is 0.325 e. The first-order valence-corrected chi connectivity index (χ1v) is 15.3. The summed E-state index contributed by atoms with van der Waals surface area (Å²) in [6, 6.07) is 21.0. The minimum absolute atomic E-state index is 0.0652. The van der Waals surface area contributed by atoms with Gasteiger partial charge in [-0.1, -0.05) is 53.0 Å². The fourth-order valence-electron chi connectivity index (χ4n) is 4.10. The molecule has 0 fully saturated rings. The summed E-state index contributed by atoms with van der Waals surface area (Å²) in [4.78, 5) is 12.9. The van der Waals surface area contributed by atoms with Crippen LogP contribution in [-0.4, -0.2) is 29.3 Å². The second kappa shape index (κ2) is 10.4. The van der Waals surface area contributed by atoms with Gasteiger partial charge in [-0.15, -0.1) is 0 Å². The number of fused-ring (bicyclic) bond motifs is 3. The van der Waals surface area contributed by atoms with Crippen LogP contribution in [-0.2, 0) is 24.8 Å². The average Bonchev–Trinajstić information content (AvgIpc) is 2.89. The molecule has 1 heterocycles. The Morgan fingerprint density at radius 1 is 0.821 bits per heavy atom. The Morgan fingerprint density at radius 2 is 1.49 bits per heavy atom. The van der Waals surface area contributed by atoms with Crippen molar-refractivity contribution < 1.29 is 21.6 Å². The van der Waals surface area contributed by atoms with Crippen molar-refractivity contribution >= 4 is 77.8 Å². The minimum Gasteiger partial charge on any atom is -0.325 e. The average molecular weight is 623 g/mol. The van der Waals surface area contributed by atoms with Crippen LogP contribution in [0.1, 0.15) is 0 Å². The lowest BCUT2D eigenvalue weighted by Gasteiger charge is -2.31. The van der Waals surface area contributed by atoms with Gasteiger partial charge in [-0.25, -0.2) is 16.8 Å². The first-order valence-electron chi connectivity index (χ1n) is 11.3. The van der Waals surface area contributed by atoms with Crippen molar-refractivity contribution in [3.05, 3.63) is 100.0 Å². The molecule has 1 aliphatic rings. The maximum absolute atomic E-state index is 13.4. The van der Waals surface area contributed by atoms with E-state index in [-0.39, 0.29) is 26.2 Å². The number of rotatable bonds is 6. The van der Waals surface area contributed by atoms with Crippen LogP contribution < -0.4 is 14.3 Å². The number of carbonyl (C=O) groups excluding carboxylic acids is 1. The number of hydrogen-bond acceptors (Lipinski definition) is 5. The van der Waals surface area contributed by atoms with E-state index in [9.17, 15) is 21.6 Å². The fourth-order valence-corrected chi connectivity index (χ4v) is 7.51. The Labute approximate surface area is 240 Å². The van der Waals surface area contributed by atoms with E-state index >= 15 is 0 Å². The molecule has 0 saturated heterocycles. The van der Waals surface area contributed by atoms with Gasteiger partial charge in [0, 0.05) is 26.9 Å². The molecule has 4 aromatic rings. The molecule has 1 amide bonds. The van der Waals surface area contributed by atoms with Crippen LogP contribution >= 0.6 is 34.8 Å². The van der Waals surface area contributed by atoms with Gasteiger partial charge in [0.05, 0.1) is 26.2 Å². The fraction of sp³-hybridized carbons (Fsp3) is 0.0385. The summed E-state index contributed by atoms with van der Waals surface area (Å²) in [7, 11) is -8.02. The van der Waals surface area contributed by atoms with Crippen LogP contribution in [0, 0.1) is 0 Å². The Balaban J connectivity index is 1.35. The molecule has 13 heteroatoms. The van der Waals surface area contributed by atoms with E-state index < -0.39 is 32.5 Å². The first-order chi connectivity index (χ1) is 18.5. The Kier molecular flexibility index (Phi) is 7.25. The van der Waals surface area contributed by atoms with Crippen molar-refractivity contribution in [3.8, 4) is 11.1 Å². The molecular weight excluding hydrogens is 605 g/mol. The highest BCUT2D eigenvalue weighted by Crippen LogP contribution is 2.43. The maximum atomic E-state index is 13.4. The number of nitrogens with one attached hydrogen (secondary N) is 2. The Morgan fingerprint density at radius 3 is 2.21 bits per heavy atom. The third-order valence-corrected chi connectivity index (χ3v) is 9.87. The molecule has 8 nitrogen and oxygen atoms in total. The van der Waals surface area contributed by atoms with Crippen LogP contribution in [0.3, 0.4) is 0 Å². The Hall–Kier alpha value is -3.28. The number of anilines is 3. The van der Waals surface area contributed by atoms with Gasteiger partial charge in [-0.2, -0.15) is 0 Å². The molecule has 1 aliphatic heterocycles. The first kappa shape index (κ1) is 27.3. The van der Waals surface area contributed by atoms with Crippen molar-refractivity contribution in [2.75, 3.05) is 20.9 Å². The summed E-state index contributed by atoms with van der Waals surface area (Å²) in [5.41, 5.74) is 1.83. The molecular formula is C26H18Cl3N3O5S2. The number of nitrogens with zero attached hydrogens (tertiary/aromatic N) is 1. The summed E-state index contributed by atoms with van der Waals surface area (Å²) in [5, 5.41) is 3.53. The lowest BCUT2D eigenvalue weighted by Crippen LogP contribution is -2.40. The molecule has 0 aromatic heterocycles. The molecule has 5 rings (SSSR count). The van der Waals surface area contributed by atoms with E-state index in [4.69, 9.17) is 34.8 Å². The number of hydrogen-bond donors (Lipinski definition) is 2. The van der Waals surface area contributed by atoms with Gasteiger partial charge in [-0.3, -0.25) is 13.8 Å². The number of halogens is 3. The monoisotopic (exact) mass is 621 g/mol. The van der Waals surface area contributed by atoms with Gasteiger partial charge < -0.3 is 5.32 Å². The molecule has 0 radical (unpaired) electrons. The molecule has 0 bridgehead atoms. The molecule has 0 saturated carbocycles. The number of benzene rings is 4. The summed E-state index contributed by atoms with van der Waals surface area (Å²) in [6.45, 7) is -0.512. The van der Waals surface area contributed by atoms with E-state index in [1.807, 2.05) is 0 Å². The third kappa shape index (κ3) is 5.43. The molecule has 200 valence electrons. The number of sulfonamides is 2. The van der Waals surface area contributed by atoms with E-state index in [2.05, 4.69) is 10.0 Å². The van der Waals surface area contributed by atoms with Crippen molar-refractivity contribution in [2.24, 2.45) is 0 Å². The summed E-state index contributed by atoms with van der Waals surface area (Å²) in [5.74, 6) is -0.625. The van der Waals surface area contributed by atoms with Gasteiger partial charge in [0.2, 0.25) is 5.91 Å². The van der Waals surface area contributed by atoms with Gasteiger partial charge in [-0.05, 0) is 66.7 Å². The van der Waals surface area contributed by atoms with Crippen molar-refractivity contribution in [3.63, 3.8) is 0 Å². The van der Waals surface area contributed by atoms with Gasteiger partial charge in [0.15, 0.2) is 0 Å². The normalized spacial score (nSPS) is 13.8. The van der Waals surface area contributed by atoms with E-state index in [1.165, 1.54) is 48.5 Å². The number of carbonyl (C=O) groups is 1. The molecule has 0 atom stereocenters. The smallest absolute Gasteiger partial charge is 0.265 e. The zero-order valence-electron chi connectivity index (χ0n) is 19.7. The van der Waals surface area contributed by atoms with Crippen LogP contribution in [0.5, 0.6) is 0 Å². The topological polar surface area (TPSA) is 113 Å². The maximum Gasteiger partial charge on any atom is 0.265 e. The van der Waals surface area contributed by atoms with Gasteiger partial charge >= 0.3 is 0 Å². The van der Waals surface area contributed by atoms with Crippen LogP contribution in [0.15, 0.2) is 94.7 Å². The minimum atomic E-state index is -4.04. The summed E-state index contributed by atoms with van der Waals surface area (Å²) >= 11 is 18.1. The van der Waals surface area contributed by atoms with Gasteiger partial charge in [0.1, 0.15) is 6.54 Å². The predicted molar refractivity (Wildman–Crippen MR) is 154 cm³/mol. The van der Waals surface area contributed by atoms with E-state index in [0.717, 1.165) is 4.31 Å². The quantitative estimate of drug-likeness (QED) is 0.264. The highest BCUT2D eigenvalue weighted by atomic mass is 35.5. The lowest BCUT2D eigenvalue weighted by atomic mass is 10.0. The van der Waals surface area contributed by atoms with Crippen molar-refractivity contribution in [1.29, 1.82) is 0 Å². The standard InChI is InChI=1S/C26H18Cl3N3O5S2/c27-16-6-12-24-21(13-16)20-3-1-2-4-25(20)39(36,37)32(24)15-26(33)30-18-7-9-19(10-8-18)38(34,35)31-23-11-5-17(28)14-22(23)29/h1-14,31H,15H2,(H,30,33). The van der Waals surface area contributed by atoms with Crippen LogP contribution in [0.4, 0.5) is 17.1 Å². The van der Waals surface area contributed by atoms with Gasteiger partial charge in [0.25, 0.3) is 20.0 Å². The van der Waals surface area contributed by atoms with Crippen molar-refractivity contribution in [1.82, 2.24) is 0 Å². The van der Waals surface area contributed by atoms with E-state index in [1.54, 1.807) is 36.4 Å². The highest BCUT2D eigenvalue weighted by Gasteiger charge is 2.36. The van der Waals surface area contributed by atoms with E-state index in [0.29, 0.717) is 26.9 Å². The SMILES string of the molecule is O=C(CN1c2ccc(Cl)cc2-c2ccccc2S1(=O)=O)Nc1ccc(S(=O)(=O)Nc2ccc(Cl)cc2Cl)cc1. The lowest BCUT2D eigenvalue weighted by molar-refractivity contribution is -0.114. The van der Waals surface area contributed by atoms with Crippen LogP contribution in [0.2, 0.25) is 15.1 Å².